The molecule has 1 amide bonds. The number of carbonyl (C=O) groups is 1. The monoisotopic (exact) mass is 234 g/mol. The molecule has 0 saturated heterocycles. The summed E-state index contributed by atoms with van der Waals surface area (Å²) in [5, 5.41) is 11.5. The van der Waals surface area contributed by atoms with Crippen molar-refractivity contribution in [1.29, 1.82) is 0 Å². The van der Waals surface area contributed by atoms with Gasteiger partial charge in [-0.15, -0.1) is 23.2 Å². The van der Waals surface area contributed by atoms with Crippen molar-refractivity contribution in [2.24, 2.45) is 0 Å². The zero-order valence-corrected chi connectivity index (χ0v) is 8.59. The van der Waals surface area contributed by atoms with Gasteiger partial charge in [-0.3, -0.25) is 9.78 Å². The topological polar surface area (TPSA) is 62.2 Å². The van der Waals surface area contributed by atoms with Gasteiger partial charge in [0, 0.05) is 12.7 Å². The SMILES string of the molecule is O=C(NCC(Cl)Cl)c1cncc(O)c1. The standard InChI is InChI=1S/C8H8Cl2N2O2/c9-7(10)4-12-8(14)5-1-6(13)3-11-2-5/h1-3,7,13H,4H2,(H,12,14). The van der Waals surface area contributed by atoms with E-state index in [0.717, 1.165) is 0 Å². The summed E-state index contributed by atoms with van der Waals surface area (Å²) in [7, 11) is 0. The van der Waals surface area contributed by atoms with Crippen LogP contribution in [0.1, 0.15) is 10.4 Å². The first-order valence-electron chi connectivity index (χ1n) is 3.80. The Morgan fingerprint density at radius 3 is 2.86 bits per heavy atom. The van der Waals surface area contributed by atoms with Crippen LogP contribution in [-0.4, -0.2) is 27.4 Å². The van der Waals surface area contributed by atoms with Crippen molar-refractivity contribution in [2.45, 2.75) is 4.84 Å². The molecule has 14 heavy (non-hydrogen) atoms. The van der Waals surface area contributed by atoms with Gasteiger partial charge in [0.05, 0.1) is 11.8 Å². The molecule has 76 valence electrons. The van der Waals surface area contributed by atoms with Crippen molar-refractivity contribution in [2.75, 3.05) is 6.54 Å². The van der Waals surface area contributed by atoms with Gasteiger partial charge in [-0.25, -0.2) is 0 Å². The highest BCUT2D eigenvalue weighted by Crippen LogP contribution is 2.08. The molecule has 2 N–H and O–H groups in total. The molecule has 0 bridgehead atoms. The van der Waals surface area contributed by atoms with E-state index in [-0.39, 0.29) is 23.8 Å². The molecule has 0 radical (unpaired) electrons. The normalized spacial score (nSPS) is 10.2. The fourth-order valence-corrected chi connectivity index (χ4v) is 0.978. The van der Waals surface area contributed by atoms with Gasteiger partial charge in [0.25, 0.3) is 5.91 Å². The van der Waals surface area contributed by atoms with E-state index in [0.29, 0.717) is 0 Å². The smallest absolute Gasteiger partial charge is 0.253 e. The Hall–Kier alpha value is -1.00. The molecule has 0 fully saturated rings. The maximum absolute atomic E-state index is 11.3. The highest BCUT2D eigenvalue weighted by Gasteiger charge is 2.07. The number of pyridine rings is 1. The van der Waals surface area contributed by atoms with Crippen molar-refractivity contribution < 1.29 is 9.90 Å². The molecular formula is C8H8Cl2N2O2. The lowest BCUT2D eigenvalue weighted by atomic mass is 10.2. The molecule has 1 aromatic rings. The Bertz CT molecular complexity index is 331. The summed E-state index contributed by atoms with van der Waals surface area (Å²) < 4.78 is 0. The van der Waals surface area contributed by atoms with Crippen LogP contribution in [0, 0.1) is 0 Å². The van der Waals surface area contributed by atoms with Crippen LogP contribution in [0.5, 0.6) is 5.75 Å². The number of aromatic nitrogens is 1. The number of hydrogen-bond donors (Lipinski definition) is 2. The fourth-order valence-electron chi connectivity index (χ4n) is 0.824. The van der Waals surface area contributed by atoms with E-state index < -0.39 is 4.84 Å². The van der Waals surface area contributed by atoms with Gasteiger partial charge in [-0.1, -0.05) is 0 Å². The molecule has 0 unspecified atom stereocenters. The maximum Gasteiger partial charge on any atom is 0.253 e. The minimum atomic E-state index is -0.649. The van der Waals surface area contributed by atoms with Gasteiger partial charge in [0.1, 0.15) is 10.6 Å². The van der Waals surface area contributed by atoms with Crippen molar-refractivity contribution >= 4 is 29.1 Å². The van der Waals surface area contributed by atoms with E-state index in [1.807, 2.05) is 0 Å². The molecule has 1 rings (SSSR count). The Balaban J connectivity index is 2.61. The average Bonchev–Trinajstić information content (AvgIpc) is 2.14. The van der Waals surface area contributed by atoms with Gasteiger partial charge < -0.3 is 10.4 Å². The van der Waals surface area contributed by atoms with E-state index in [1.54, 1.807) is 0 Å². The van der Waals surface area contributed by atoms with E-state index in [1.165, 1.54) is 18.5 Å². The summed E-state index contributed by atoms with van der Waals surface area (Å²) in [4.78, 5) is 14.3. The first-order valence-corrected chi connectivity index (χ1v) is 4.67. The molecule has 1 heterocycles. The van der Waals surface area contributed by atoms with Crippen molar-refractivity contribution in [3.63, 3.8) is 0 Å². The quantitative estimate of drug-likeness (QED) is 0.776. The van der Waals surface area contributed by atoms with E-state index in [9.17, 15) is 4.79 Å². The van der Waals surface area contributed by atoms with E-state index >= 15 is 0 Å². The summed E-state index contributed by atoms with van der Waals surface area (Å²) in [6.45, 7) is 0.150. The zero-order valence-electron chi connectivity index (χ0n) is 7.08. The Morgan fingerprint density at radius 2 is 2.29 bits per heavy atom. The second-order valence-electron chi connectivity index (χ2n) is 2.53. The predicted octanol–water partition coefficient (Wildman–Crippen LogP) is 1.32. The number of carbonyl (C=O) groups excluding carboxylic acids is 1. The molecule has 0 aliphatic rings. The van der Waals surface area contributed by atoms with Crippen LogP contribution in [0.4, 0.5) is 0 Å². The Labute approximate surface area is 90.9 Å². The van der Waals surface area contributed by atoms with Gasteiger partial charge in [-0.05, 0) is 6.07 Å². The van der Waals surface area contributed by atoms with E-state index in [4.69, 9.17) is 28.3 Å². The minimum absolute atomic E-state index is 0.0639. The molecule has 0 aromatic carbocycles. The lowest BCUT2D eigenvalue weighted by molar-refractivity contribution is 0.0954. The largest absolute Gasteiger partial charge is 0.506 e. The third-order valence-electron chi connectivity index (χ3n) is 1.40. The zero-order chi connectivity index (χ0) is 10.6. The minimum Gasteiger partial charge on any atom is -0.506 e. The predicted molar refractivity (Wildman–Crippen MR) is 53.7 cm³/mol. The van der Waals surface area contributed by atoms with Crippen LogP contribution >= 0.6 is 23.2 Å². The van der Waals surface area contributed by atoms with Gasteiger partial charge in [-0.2, -0.15) is 0 Å². The highest BCUT2D eigenvalue weighted by molar-refractivity contribution is 6.44. The second kappa shape index (κ2) is 5.02. The molecule has 0 saturated carbocycles. The van der Waals surface area contributed by atoms with Gasteiger partial charge in [0.2, 0.25) is 0 Å². The number of amides is 1. The molecule has 0 spiro atoms. The highest BCUT2D eigenvalue weighted by atomic mass is 35.5. The molecule has 0 aliphatic heterocycles. The summed E-state index contributed by atoms with van der Waals surface area (Å²) in [5.41, 5.74) is 0.263. The number of halogens is 2. The van der Waals surface area contributed by atoms with Crippen molar-refractivity contribution in [3.05, 3.63) is 24.0 Å². The number of nitrogens with one attached hydrogen (secondary N) is 1. The fraction of sp³-hybridized carbons (Fsp3) is 0.250. The molecular weight excluding hydrogens is 227 g/mol. The number of hydrogen-bond acceptors (Lipinski definition) is 3. The maximum atomic E-state index is 11.3. The molecule has 0 atom stereocenters. The van der Waals surface area contributed by atoms with E-state index in [2.05, 4.69) is 10.3 Å². The first kappa shape index (κ1) is 11.1. The Morgan fingerprint density at radius 1 is 1.57 bits per heavy atom. The molecule has 6 heteroatoms. The first-order chi connectivity index (χ1) is 6.59. The van der Waals surface area contributed by atoms with Crippen LogP contribution in [0.2, 0.25) is 0 Å². The van der Waals surface area contributed by atoms with Crippen molar-refractivity contribution in [1.82, 2.24) is 10.3 Å². The third-order valence-corrected chi connectivity index (χ3v) is 1.71. The lowest BCUT2D eigenvalue weighted by Gasteiger charge is -2.04. The van der Waals surface area contributed by atoms with Crippen molar-refractivity contribution in [3.8, 4) is 5.75 Å². The summed E-state index contributed by atoms with van der Waals surface area (Å²) in [6, 6.07) is 1.31. The third kappa shape index (κ3) is 3.40. The average molecular weight is 235 g/mol. The lowest BCUT2D eigenvalue weighted by Crippen LogP contribution is -2.27. The summed E-state index contributed by atoms with van der Waals surface area (Å²) in [5.74, 6) is -0.439. The number of aromatic hydroxyl groups is 1. The molecule has 1 aromatic heterocycles. The van der Waals surface area contributed by atoms with Crippen LogP contribution in [-0.2, 0) is 0 Å². The number of nitrogens with zero attached hydrogens (tertiary/aromatic N) is 1. The summed E-state index contributed by atoms with van der Waals surface area (Å²) >= 11 is 10.9. The summed E-state index contributed by atoms with van der Waals surface area (Å²) in [6.07, 6.45) is 2.58. The number of rotatable bonds is 3. The van der Waals surface area contributed by atoms with Crippen LogP contribution in [0.15, 0.2) is 18.5 Å². The number of alkyl halides is 2. The van der Waals surface area contributed by atoms with Gasteiger partial charge in [0.15, 0.2) is 0 Å². The van der Waals surface area contributed by atoms with Crippen LogP contribution < -0.4 is 5.32 Å². The Kier molecular flexibility index (Phi) is 3.98. The van der Waals surface area contributed by atoms with Crippen LogP contribution in [0.25, 0.3) is 0 Å². The van der Waals surface area contributed by atoms with Gasteiger partial charge >= 0.3 is 0 Å². The second-order valence-corrected chi connectivity index (χ2v) is 3.81. The molecule has 4 nitrogen and oxygen atoms in total. The molecule has 0 aliphatic carbocycles. The van der Waals surface area contributed by atoms with Crippen LogP contribution in [0.3, 0.4) is 0 Å².